The average Bonchev–Trinajstić information content (AvgIpc) is 2.16. The number of benzene rings is 1. The third-order valence-electron chi connectivity index (χ3n) is 1.47. The molecular formula is C8H10N2O2. The van der Waals surface area contributed by atoms with Crippen LogP contribution >= 0.6 is 0 Å². The first kappa shape index (κ1) is 8.52. The number of rotatable bonds is 3. The molecule has 0 saturated heterocycles. The van der Waals surface area contributed by atoms with E-state index in [2.05, 4.69) is 5.11 Å². The van der Waals surface area contributed by atoms with Crippen LogP contribution < -0.4 is 9.47 Å². The predicted molar refractivity (Wildman–Crippen MR) is 44.4 cm³/mol. The number of nitrogens with one attached hydrogen (secondary N) is 1. The van der Waals surface area contributed by atoms with E-state index in [0.717, 1.165) is 0 Å². The van der Waals surface area contributed by atoms with E-state index in [-0.39, 0.29) is 0 Å². The zero-order valence-electron chi connectivity index (χ0n) is 7.00. The highest BCUT2D eigenvalue weighted by Gasteiger charge is 1.99. The smallest absolute Gasteiger partial charge is 0.124 e. The van der Waals surface area contributed by atoms with E-state index in [9.17, 15) is 0 Å². The summed E-state index contributed by atoms with van der Waals surface area (Å²) in [6.07, 6.45) is 0. The van der Waals surface area contributed by atoms with Gasteiger partial charge in [-0.05, 0) is 0 Å². The fourth-order valence-electron chi connectivity index (χ4n) is 0.857. The Bertz CT molecular complexity index is 264. The topological polar surface area (TPSA) is 54.7 Å². The van der Waals surface area contributed by atoms with Gasteiger partial charge in [-0.15, -0.1) is 0 Å². The molecule has 0 unspecified atom stereocenters. The molecule has 0 aliphatic carbocycles. The van der Waals surface area contributed by atoms with Crippen LogP contribution in [0, 0.1) is 5.53 Å². The van der Waals surface area contributed by atoms with Gasteiger partial charge >= 0.3 is 0 Å². The van der Waals surface area contributed by atoms with Crippen molar-refractivity contribution in [3.05, 3.63) is 18.2 Å². The van der Waals surface area contributed by atoms with Crippen molar-refractivity contribution in [2.45, 2.75) is 0 Å². The first-order chi connectivity index (χ1) is 5.80. The molecule has 0 fully saturated rings. The minimum absolute atomic E-state index is 0.520. The Hall–Kier alpha value is -1.58. The number of ether oxygens (including phenoxy) is 2. The number of hydrogen-bond acceptors (Lipinski definition) is 4. The Morgan fingerprint density at radius 2 is 1.58 bits per heavy atom. The lowest BCUT2D eigenvalue weighted by molar-refractivity contribution is 0.394. The van der Waals surface area contributed by atoms with E-state index >= 15 is 0 Å². The summed E-state index contributed by atoms with van der Waals surface area (Å²) in [5.41, 5.74) is 7.32. The molecule has 0 bridgehead atoms. The molecule has 4 nitrogen and oxygen atoms in total. The Morgan fingerprint density at radius 1 is 1.08 bits per heavy atom. The third kappa shape index (κ3) is 1.72. The molecule has 64 valence electrons. The Labute approximate surface area is 70.6 Å². The van der Waals surface area contributed by atoms with Gasteiger partial charge in [0.1, 0.15) is 11.5 Å². The van der Waals surface area contributed by atoms with E-state index in [4.69, 9.17) is 15.0 Å². The molecule has 0 heterocycles. The van der Waals surface area contributed by atoms with Gasteiger partial charge in [0.15, 0.2) is 0 Å². The van der Waals surface area contributed by atoms with E-state index in [0.29, 0.717) is 17.2 Å². The lowest BCUT2D eigenvalue weighted by Crippen LogP contribution is -1.85. The maximum absolute atomic E-state index is 6.80. The number of methoxy groups -OCH3 is 2. The van der Waals surface area contributed by atoms with Crippen molar-refractivity contribution in [1.82, 2.24) is 0 Å². The van der Waals surface area contributed by atoms with Crippen molar-refractivity contribution in [1.29, 1.82) is 5.53 Å². The fraction of sp³-hybridized carbons (Fsp3) is 0.250. The standard InChI is InChI=1S/C8H10N2O2/c1-11-7-3-6(10-9)4-8(5-7)12-2/h3-5,9H,1-2H3. The lowest BCUT2D eigenvalue weighted by atomic mass is 10.3. The van der Waals surface area contributed by atoms with Gasteiger partial charge in [0.25, 0.3) is 0 Å². The second-order valence-electron chi connectivity index (χ2n) is 2.18. The second-order valence-corrected chi connectivity index (χ2v) is 2.18. The molecular weight excluding hydrogens is 156 g/mol. The van der Waals surface area contributed by atoms with Crippen molar-refractivity contribution in [2.24, 2.45) is 5.11 Å². The Morgan fingerprint density at radius 3 is 1.92 bits per heavy atom. The summed E-state index contributed by atoms with van der Waals surface area (Å²) >= 11 is 0. The van der Waals surface area contributed by atoms with Crippen molar-refractivity contribution >= 4 is 5.69 Å². The Kier molecular flexibility index (Phi) is 2.63. The van der Waals surface area contributed by atoms with Gasteiger partial charge in [0, 0.05) is 18.2 Å². The molecule has 0 saturated carbocycles. The normalized spacial score (nSPS) is 9.17. The van der Waals surface area contributed by atoms with Crippen LogP contribution in [-0.2, 0) is 0 Å². The van der Waals surface area contributed by atoms with Crippen LogP contribution in [0.2, 0.25) is 0 Å². The molecule has 0 aromatic heterocycles. The second kappa shape index (κ2) is 3.71. The largest absolute Gasteiger partial charge is 0.497 e. The highest BCUT2D eigenvalue weighted by molar-refractivity contribution is 5.49. The summed E-state index contributed by atoms with van der Waals surface area (Å²) in [6, 6.07) is 5.06. The number of nitrogens with zero attached hydrogens (tertiary/aromatic N) is 1. The highest BCUT2D eigenvalue weighted by Crippen LogP contribution is 2.27. The van der Waals surface area contributed by atoms with Gasteiger partial charge in [0.2, 0.25) is 0 Å². The number of hydrogen-bond donors (Lipinski definition) is 1. The molecule has 4 heteroatoms. The van der Waals surface area contributed by atoms with Gasteiger partial charge in [-0.25, -0.2) is 5.53 Å². The monoisotopic (exact) mass is 166 g/mol. The zero-order valence-corrected chi connectivity index (χ0v) is 7.00. The molecule has 12 heavy (non-hydrogen) atoms. The predicted octanol–water partition coefficient (Wildman–Crippen LogP) is 2.37. The molecule has 0 radical (unpaired) electrons. The first-order valence-corrected chi connectivity index (χ1v) is 3.40. The Balaban J connectivity index is 3.09. The van der Waals surface area contributed by atoms with Gasteiger partial charge in [-0.3, -0.25) is 0 Å². The van der Waals surface area contributed by atoms with Gasteiger partial charge in [0.05, 0.1) is 19.9 Å². The summed E-state index contributed by atoms with van der Waals surface area (Å²) in [5.74, 6) is 1.28. The summed E-state index contributed by atoms with van der Waals surface area (Å²) in [7, 11) is 3.12. The van der Waals surface area contributed by atoms with Crippen LogP contribution in [0.1, 0.15) is 0 Å². The molecule has 1 aromatic carbocycles. The lowest BCUT2D eigenvalue weighted by Gasteiger charge is -2.04. The minimum atomic E-state index is 0.520. The summed E-state index contributed by atoms with van der Waals surface area (Å²) in [4.78, 5) is 0. The van der Waals surface area contributed by atoms with Crippen molar-refractivity contribution in [3.63, 3.8) is 0 Å². The van der Waals surface area contributed by atoms with E-state index in [1.165, 1.54) is 0 Å². The third-order valence-corrected chi connectivity index (χ3v) is 1.47. The van der Waals surface area contributed by atoms with Crippen LogP contribution in [-0.4, -0.2) is 14.2 Å². The summed E-state index contributed by atoms with van der Waals surface area (Å²) < 4.78 is 9.95. The van der Waals surface area contributed by atoms with Gasteiger partial charge < -0.3 is 9.47 Å². The van der Waals surface area contributed by atoms with Crippen LogP contribution in [0.15, 0.2) is 23.3 Å². The fourth-order valence-corrected chi connectivity index (χ4v) is 0.857. The van der Waals surface area contributed by atoms with Crippen LogP contribution in [0.4, 0.5) is 5.69 Å². The SMILES string of the molecule is COc1cc(N=N)cc(OC)c1. The molecule has 1 rings (SSSR count). The molecule has 1 N–H and O–H groups in total. The molecule has 0 spiro atoms. The molecule has 0 atom stereocenters. The van der Waals surface area contributed by atoms with E-state index < -0.39 is 0 Å². The zero-order chi connectivity index (χ0) is 8.97. The summed E-state index contributed by atoms with van der Waals surface area (Å²) in [5, 5.41) is 3.28. The average molecular weight is 166 g/mol. The van der Waals surface area contributed by atoms with Crippen molar-refractivity contribution in [3.8, 4) is 11.5 Å². The van der Waals surface area contributed by atoms with Gasteiger partial charge in [-0.2, -0.15) is 5.11 Å². The maximum atomic E-state index is 6.80. The molecule has 1 aromatic rings. The van der Waals surface area contributed by atoms with Crippen LogP contribution in [0.25, 0.3) is 0 Å². The molecule has 0 amide bonds. The highest BCUT2D eigenvalue weighted by atomic mass is 16.5. The minimum Gasteiger partial charge on any atom is -0.497 e. The van der Waals surface area contributed by atoms with Gasteiger partial charge in [-0.1, -0.05) is 0 Å². The molecule has 0 aliphatic rings. The van der Waals surface area contributed by atoms with E-state index in [1.807, 2.05) is 0 Å². The maximum Gasteiger partial charge on any atom is 0.124 e. The summed E-state index contributed by atoms with van der Waals surface area (Å²) in [6.45, 7) is 0. The van der Waals surface area contributed by atoms with Crippen LogP contribution in [0.5, 0.6) is 11.5 Å². The first-order valence-electron chi connectivity index (χ1n) is 3.40. The quantitative estimate of drug-likeness (QED) is 0.701. The molecule has 0 aliphatic heterocycles. The van der Waals surface area contributed by atoms with Crippen LogP contribution in [0.3, 0.4) is 0 Å². The van der Waals surface area contributed by atoms with E-state index in [1.54, 1.807) is 32.4 Å². The van der Waals surface area contributed by atoms with Crippen molar-refractivity contribution in [2.75, 3.05) is 14.2 Å². The van der Waals surface area contributed by atoms with Crippen molar-refractivity contribution < 1.29 is 9.47 Å².